The topological polar surface area (TPSA) is 49.5 Å². The number of nitrogens with zero attached hydrogens (tertiary/aromatic N) is 1. The lowest BCUT2D eigenvalue weighted by atomic mass is 9.98. The molecule has 0 saturated carbocycles. The van der Waals surface area contributed by atoms with Gasteiger partial charge in [0.05, 0.1) is 6.10 Å². The van der Waals surface area contributed by atoms with E-state index in [0.29, 0.717) is 18.1 Å². The summed E-state index contributed by atoms with van der Waals surface area (Å²) in [5.41, 5.74) is 5.96. The molecule has 0 aromatic heterocycles. The minimum atomic E-state index is -0.197. The van der Waals surface area contributed by atoms with Crippen LogP contribution in [0.25, 0.3) is 0 Å². The highest BCUT2D eigenvalue weighted by Gasteiger charge is 2.39. The van der Waals surface area contributed by atoms with Crippen molar-refractivity contribution in [2.24, 2.45) is 5.73 Å². The Hall–Kier alpha value is -0.120. The standard InChI is InChI=1S/C10H20N2O/c1-7(13)6-12-9-2-3-10(12)5-8(11)4-9/h7-10,13H,2-6,11H2,1H3/t7-,8?,9?,10?/m1/s1. The number of nitrogens with two attached hydrogens (primary N) is 1. The van der Waals surface area contributed by atoms with Gasteiger partial charge in [0.15, 0.2) is 0 Å². The summed E-state index contributed by atoms with van der Waals surface area (Å²) >= 11 is 0. The first-order valence-corrected chi connectivity index (χ1v) is 5.36. The predicted octanol–water partition coefficient (Wildman–Crippen LogP) is 0.321. The van der Waals surface area contributed by atoms with E-state index in [1.165, 1.54) is 12.8 Å². The lowest BCUT2D eigenvalue weighted by molar-refractivity contribution is 0.0652. The lowest BCUT2D eigenvalue weighted by Gasteiger charge is -2.38. The number of hydrogen-bond acceptors (Lipinski definition) is 3. The first-order chi connectivity index (χ1) is 6.16. The van der Waals surface area contributed by atoms with E-state index in [0.717, 1.165) is 19.4 Å². The summed E-state index contributed by atoms with van der Waals surface area (Å²) in [5.74, 6) is 0. The molecule has 3 nitrogen and oxygen atoms in total. The molecule has 2 rings (SSSR count). The number of fused-ring (bicyclic) bond motifs is 2. The molecule has 0 aromatic carbocycles. The van der Waals surface area contributed by atoms with Gasteiger partial charge in [-0.2, -0.15) is 0 Å². The van der Waals surface area contributed by atoms with E-state index in [9.17, 15) is 5.11 Å². The smallest absolute Gasteiger partial charge is 0.0639 e. The van der Waals surface area contributed by atoms with Crippen LogP contribution in [0.1, 0.15) is 32.6 Å². The van der Waals surface area contributed by atoms with Crippen LogP contribution in [-0.4, -0.2) is 40.8 Å². The minimum Gasteiger partial charge on any atom is -0.392 e. The first-order valence-electron chi connectivity index (χ1n) is 5.36. The molecule has 2 aliphatic rings. The Morgan fingerprint density at radius 1 is 1.38 bits per heavy atom. The molecule has 2 fully saturated rings. The van der Waals surface area contributed by atoms with Gasteiger partial charge in [-0.15, -0.1) is 0 Å². The normalized spacial score (nSPS) is 42.2. The van der Waals surface area contributed by atoms with Crippen LogP contribution in [0.5, 0.6) is 0 Å². The van der Waals surface area contributed by atoms with Crippen LogP contribution in [0.4, 0.5) is 0 Å². The Labute approximate surface area is 79.9 Å². The van der Waals surface area contributed by atoms with Crippen LogP contribution in [-0.2, 0) is 0 Å². The SMILES string of the molecule is C[C@@H](O)CN1C2CCC1CC(N)C2. The average Bonchev–Trinajstić information content (AvgIpc) is 2.32. The van der Waals surface area contributed by atoms with Crippen LogP contribution in [0.3, 0.4) is 0 Å². The Balaban J connectivity index is 1.98. The van der Waals surface area contributed by atoms with Crippen molar-refractivity contribution in [2.45, 2.75) is 56.8 Å². The van der Waals surface area contributed by atoms with Gasteiger partial charge in [-0.05, 0) is 32.6 Å². The summed E-state index contributed by atoms with van der Waals surface area (Å²) in [4.78, 5) is 2.47. The molecule has 13 heavy (non-hydrogen) atoms. The Bertz CT molecular complexity index is 170. The van der Waals surface area contributed by atoms with Gasteiger partial charge in [0, 0.05) is 24.7 Å². The molecular weight excluding hydrogens is 164 g/mol. The fourth-order valence-electron chi connectivity index (χ4n) is 2.92. The van der Waals surface area contributed by atoms with Crippen molar-refractivity contribution >= 4 is 0 Å². The number of piperidine rings is 1. The van der Waals surface area contributed by atoms with Crippen molar-refractivity contribution in [3.63, 3.8) is 0 Å². The van der Waals surface area contributed by atoms with E-state index in [1.54, 1.807) is 0 Å². The second-order valence-corrected chi connectivity index (χ2v) is 4.66. The molecule has 0 aromatic rings. The molecule has 0 spiro atoms. The zero-order valence-electron chi connectivity index (χ0n) is 8.32. The Morgan fingerprint density at radius 2 is 1.92 bits per heavy atom. The Morgan fingerprint density at radius 3 is 2.38 bits per heavy atom. The van der Waals surface area contributed by atoms with Gasteiger partial charge >= 0.3 is 0 Å². The minimum absolute atomic E-state index is 0.197. The maximum Gasteiger partial charge on any atom is 0.0639 e. The summed E-state index contributed by atoms with van der Waals surface area (Å²) in [7, 11) is 0. The van der Waals surface area contributed by atoms with Gasteiger partial charge in [0.25, 0.3) is 0 Å². The number of rotatable bonds is 2. The maximum absolute atomic E-state index is 9.36. The average molecular weight is 184 g/mol. The fourth-order valence-corrected chi connectivity index (χ4v) is 2.92. The molecule has 3 atom stereocenters. The molecule has 0 radical (unpaired) electrons. The van der Waals surface area contributed by atoms with Crippen LogP contribution in [0.2, 0.25) is 0 Å². The van der Waals surface area contributed by atoms with Gasteiger partial charge in [-0.25, -0.2) is 0 Å². The van der Waals surface area contributed by atoms with Gasteiger partial charge in [-0.1, -0.05) is 0 Å². The van der Waals surface area contributed by atoms with E-state index >= 15 is 0 Å². The van der Waals surface area contributed by atoms with Gasteiger partial charge < -0.3 is 10.8 Å². The molecule has 76 valence electrons. The van der Waals surface area contributed by atoms with E-state index in [1.807, 2.05) is 6.92 Å². The van der Waals surface area contributed by atoms with E-state index in [2.05, 4.69) is 4.90 Å². The highest BCUT2D eigenvalue weighted by molar-refractivity contribution is 4.96. The second kappa shape index (κ2) is 3.56. The largest absolute Gasteiger partial charge is 0.392 e. The fraction of sp³-hybridized carbons (Fsp3) is 1.00. The molecule has 2 unspecified atom stereocenters. The zero-order valence-corrected chi connectivity index (χ0v) is 8.32. The van der Waals surface area contributed by atoms with Crippen LogP contribution >= 0.6 is 0 Å². The lowest BCUT2D eigenvalue weighted by Crippen LogP contribution is -2.49. The first kappa shape index (κ1) is 9.44. The van der Waals surface area contributed by atoms with Crippen molar-refractivity contribution < 1.29 is 5.11 Å². The molecule has 3 heteroatoms. The molecule has 2 aliphatic heterocycles. The van der Waals surface area contributed by atoms with Crippen molar-refractivity contribution in [3.05, 3.63) is 0 Å². The second-order valence-electron chi connectivity index (χ2n) is 4.66. The van der Waals surface area contributed by atoms with Crippen molar-refractivity contribution in [2.75, 3.05) is 6.54 Å². The molecular formula is C10H20N2O. The van der Waals surface area contributed by atoms with Crippen LogP contribution in [0, 0.1) is 0 Å². The monoisotopic (exact) mass is 184 g/mol. The summed E-state index contributed by atoms with van der Waals surface area (Å²) in [6.45, 7) is 2.70. The van der Waals surface area contributed by atoms with Crippen molar-refractivity contribution in [1.29, 1.82) is 0 Å². The summed E-state index contributed by atoms with van der Waals surface area (Å²) in [6.07, 6.45) is 4.63. The number of aliphatic hydroxyl groups is 1. The van der Waals surface area contributed by atoms with Crippen molar-refractivity contribution in [1.82, 2.24) is 4.90 Å². The maximum atomic E-state index is 9.36. The van der Waals surface area contributed by atoms with E-state index in [-0.39, 0.29) is 6.10 Å². The predicted molar refractivity (Wildman–Crippen MR) is 52.4 cm³/mol. The third-order valence-electron chi connectivity index (χ3n) is 3.40. The third-order valence-corrected chi connectivity index (χ3v) is 3.40. The molecule has 0 amide bonds. The third kappa shape index (κ3) is 1.87. The molecule has 2 bridgehead atoms. The number of aliphatic hydroxyl groups excluding tert-OH is 1. The summed E-state index contributed by atoms with van der Waals surface area (Å²) in [5, 5.41) is 9.36. The molecule has 3 N–H and O–H groups in total. The molecule has 2 heterocycles. The van der Waals surface area contributed by atoms with Gasteiger partial charge in [0.2, 0.25) is 0 Å². The highest BCUT2D eigenvalue weighted by atomic mass is 16.3. The van der Waals surface area contributed by atoms with Gasteiger partial charge in [0.1, 0.15) is 0 Å². The summed E-state index contributed by atoms with van der Waals surface area (Å²) in [6, 6.07) is 1.72. The van der Waals surface area contributed by atoms with Crippen LogP contribution < -0.4 is 5.73 Å². The quantitative estimate of drug-likeness (QED) is 0.650. The van der Waals surface area contributed by atoms with E-state index in [4.69, 9.17) is 5.73 Å². The number of hydrogen-bond donors (Lipinski definition) is 2. The van der Waals surface area contributed by atoms with Gasteiger partial charge in [-0.3, -0.25) is 4.90 Å². The highest BCUT2D eigenvalue weighted by Crippen LogP contribution is 2.34. The van der Waals surface area contributed by atoms with Crippen molar-refractivity contribution in [3.8, 4) is 0 Å². The Kier molecular flexibility index (Phi) is 2.58. The summed E-state index contributed by atoms with van der Waals surface area (Å²) < 4.78 is 0. The zero-order chi connectivity index (χ0) is 9.42. The molecule has 2 saturated heterocycles. The van der Waals surface area contributed by atoms with E-state index < -0.39 is 0 Å². The molecule has 0 aliphatic carbocycles. The van der Waals surface area contributed by atoms with Crippen LogP contribution in [0.15, 0.2) is 0 Å².